The summed E-state index contributed by atoms with van der Waals surface area (Å²) in [4.78, 5) is 11.7. The van der Waals surface area contributed by atoms with Gasteiger partial charge in [0.1, 0.15) is 11.5 Å². The minimum absolute atomic E-state index is 0.0252. The van der Waals surface area contributed by atoms with Crippen LogP contribution in [0.5, 0.6) is 0 Å². The molecule has 0 fully saturated rings. The molecule has 0 aliphatic rings. The summed E-state index contributed by atoms with van der Waals surface area (Å²) in [5.74, 6) is -1.91. The van der Waals surface area contributed by atoms with Crippen LogP contribution in [-0.2, 0) is 10.9 Å². The van der Waals surface area contributed by atoms with E-state index in [0.717, 1.165) is 0 Å². The number of esters is 1. The van der Waals surface area contributed by atoms with Crippen molar-refractivity contribution in [2.45, 2.75) is 13.1 Å². The average Bonchev–Trinajstić information content (AvgIpc) is 2.86. The number of aromatic nitrogens is 3. The summed E-state index contributed by atoms with van der Waals surface area (Å²) in [7, 11) is 0. The van der Waals surface area contributed by atoms with Gasteiger partial charge in [-0.05, 0) is 35.0 Å². The zero-order valence-electron chi connectivity index (χ0n) is 11.0. The second kappa shape index (κ2) is 6.03. The highest BCUT2D eigenvalue weighted by molar-refractivity contribution is 9.10. The third kappa shape index (κ3) is 2.96. The number of aromatic amines is 1. The van der Waals surface area contributed by atoms with Gasteiger partial charge in [-0.3, -0.25) is 0 Å². The summed E-state index contributed by atoms with van der Waals surface area (Å²) < 4.78 is 56.8. The van der Waals surface area contributed by atoms with Gasteiger partial charge in [0.25, 0.3) is 0 Å². The molecule has 0 aliphatic carbocycles. The van der Waals surface area contributed by atoms with Gasteiger partial charge >= 0.3 is 12.1 Å². The van der Waals surface area contributed by atoms with Crippen molar-refractivity contribution in [3.63, 3.8) is 0 Å². The van der Waals surface area contributed by atoms with Gasteiger partial charge in [0.15, 0.2) is 5.69 Å². The van der Waals surface area contributed by atoms with Crippen molar-refractivity contribution >= 4 is 21.9 Å². The molecule has 0 bridgehead atoms. The zero-order valence-corrected chi connectivity index (χ0v) is 12.5. The minimum Gasteiger partial charge on any atom is -0.461 e. The summed E-state index contributed by atoms with van der Waals surface area (Å²) in [5, 5.41) is 9.15. The lowest BCUT2D eigenvalue weighted by atomic mass is 10.1. The number of carbonyl (C=O) groups excluding carboxylic acids is 1. The number of ether oxygens (including phenoxy) is 1. The largest absolute Gasteiger partial charge is 0.461 e. The number of H-pyrrole nitrogens is 1. The third-order valence-electron chi connectivity index (χ3n) is 2.65. The summed E-state index contributed by atoms with van der Waals surface area (Å²) in [6.45, 7) is 1.57. The molecule has 0 amide bonds. The van der Waals surface area contributed by atoms with Gasteiger partial charge in [0, 0.05) is 4.47 Å². The Morgan fingerprint density at radius 3 is 2.64 bits per heavy atom. The molecule has 5 nitrogen and oxygen atoms in total. The van der Waals surface area contributed by atoms with Crippen molar-refractivity contribution in [2.24, 2.45) is 0 Å². The molecule has 0 saturated carbocycles. The molecule has 10 heteroatoms. The van der Waals surface area contributed by atoms with Gasteiger partial charge in [-0.25, -0.2) is 9.18 Å². The first-order valence-electron chi connectivity index (χ1n) is 5.90. The van der Waals surface area contributed by atoms with E-state index in [-0.39, 0.29) is 12.3 Å². The Bertz CT molecular complexity index is 715. The van der Waals surface area contributed by atoms with Gasteiger partial charge in [-0.15, -0.1) is 5.10 Å². The van der Waals surface area contributed by atoms with Gasteiger partial charge in [-0.1, -0.05) is 0 Å². The Morgan fingerprint density at radius 1 is 1.36 bits per heavy atom. The average molecular weight is 382 g/mol. The molecule has 118 valence electrons. The van der Waals surface area contributed by atoms with Crippen molar-refractivity contribution in [3.05, 3.63) is 33.7 Å². The minimum atomic E-state index is -4.70. The number of nitrogens with zero attached hydrogens (tertiary/aromatic N) is 2. The Morgan fingerprint density at radius 2 is 2.05 bits per heavy atom. The predicted molar refractivity (Wildman–Crippen MR) is 70.4 cm³/mol. The maximum Gasteiger partial charge on any atom is 0.417 e. The van der Waals surface area contributed by atoms with Crippen molar-refractivity contribution in [3.8, 4) is 11.3 Å². The maximum absolute atomic E-state index is 14.0. The highest BCUT2D eigenvalue weighted by atomic mass is 79.9. The Balaban J connectivity index is 2.64. The van der Waals surface area contributed by atoms with Crippen LogP contribution in [0.15, 0.2) is 16.6 Å². The van der Waals surface area contributed by atoms with Crippen LogP contribution in [0.25, 0.3) is 11.3 Å². The molecule has 0 atom stereocenters. The van der Waals surface area contributed by atoms with Crippen molar-refractivity contribution in [1.82, 2.24) is 15.4 Å². The molecule has 2 aromatic rings. The third-order valence-corrected chi connectivity index (χ3v) is 3.47. The number of carbonyl (C=O) groups is 1. The van der Waals surface area contributed by atoms with E-state index in [1.165, 1.54) is 0 Å². The smallest absolute Gasteiger partial charge is 0.417 e. The first-order valence-corrected chi connectivity index (χ1v) is 6.70. The number of benzene rings is 1. The summed E-state index contributed by atoms with van der Waals surface area (Å²) in [6, 6.07) is 1.24. The second-order valence-corrected chi connectivity index (χ2v) is 4.82. The Hall–Kier alpha value is -1.97. The van der Waals surface area contributed by atoms with Crippen LogP contribution in [-0.4, -0.2) is 28.0 Å². The lowest BCUT2D eigenvalue weighted by Crippen LogP contribution is -2.10. The van der Waals surface area contributed by atoms with Gasteiger partial charge in [0.05, 0.1) is 17.7 Å². The van der Waals surface area contributed by atoms with Crippen LogP contribution >= 0.6 is 15.9 Å². The Kier molecular flexibility index (Phi) is 4.50. The van der Waals surface area contributed by atoms with E-state index in [9.17, 15) is 22.4 Å². The van der Waals surface area contributed by atoms with Crippen LogP contribution in [0, 0.1) is 5.82 Å². The first kappa shape index (κ1) is 16.4. The first-order chi connectivity index (χ1) is 10.3. The molecule has 22 heavy (non-hydrogen) atoms. The fourth-order valence-corrected chi connectivity index (χ4v) is 2.47. The van der Waals surface area contributed by atoms with Gasteiger partial charge in [-0.2, -0.15) is 23.5 Å². The van der Waals surface area contributed by atoms with Crippen LogP contribution in [0.4, 0.5) is 17.6 Å². The highest BCUT2D eigenvalue weighted by Gasteiger charge is 2.36. The summed E-state index contributed by atoms with van der Waals surface area (Å²) in [5.41, 5.74) is -2.39. The van der Waals surface area contributed by atoms with E-state index >= 15 is 0 Å². The summed E-state index contributed by atoms with van der Waals surface area (Å²) in [6.07, 6.45) is -4.70. The SMILES string of the molecule is CCOC(=O)c1n[nH]nc1-c1c(F)ccc(C(F)(F)F)c1Br. The molecular weight excluding hydrogens is 374 g/mol. The monoisotopic (exact) mass is 381 g/mol. The van der Waals surface area contributed by atoms with E-state index in [4.69, 9.17) is 4.74 Å². The number of nitrogens with one attached hydrogen (secondary N) is 1. The number of alkyl halides is 3. The van der Waals surface area contributed by atoms with E-state index < -0.39 is 39.3 Å². The van der Waals surface area contributed by atoms with Gasteiger partial charge < -0.3 is 4.74 Å². The molecule has 1 heterocycles. The van der Waals surface area contributed by atoms with Crippen molar-refractivity contribution in [1.29, 1.82) is 0 Å². The lowest BCUT2D eigenvalue weighted by Gasteiger charge is -2.12. The maximum atomic E-state index is 14.0. The quantitative estimate of drug-likeness (QED) is 0.651. The lowest BCUT2D eigenvalue weighted by molar-refractivity contribution is -0.138. The van der Waals surface area contributed by atoms with Crippen molar-refractivity contribution < 1.29 is 27.1 Å². The van der Waals surface area contributed by atoms with Crippen LogP contribution < -0.4 is 0 Å². The standard InChI is InChI=1S/C12H8BrF4N3O2/c1-2-22-11(21)10-9(18-20-19-10)7-6(14)4-3-5(8(7)13)12(15,16)17/h3-4H,2H2,1H3,(H,18,19,20). The molecular formula is C12H8BrF4N3O2. The van der Waals surface area contributed by atoms with E-state index in [1.807, 2.05) is 0 Å². The number of rotatable bonds is 3. The normalized spacial score (nSPS) is 11.5. The molecule has 0 unspecified atom stereocenters. The summed E-state index contributed by atoms with van der Waals surface area (Å²) >= 11 is 2.72. The molecule has 1 N–H and O–H groups in total. The number of halogens is 5. The fourth-order valence-electron chi connectivity index (χ4n) is 1.74. The predicted octanol–water partition coefficient (Wildman–Crippen LogP) is 3.57. The molecule has 0 radical (unpaired) electrons. The molecule has 0 saturated heterocycles. The van der Waals surface area contributed by atoms with E-state index in [0.29, 0.717) is 12.1 Å². The molecule has 0 aliphatic heterocycles. The van der Waals surface area contributed by atoms with E-state index in [2.05, 4.69) is 31.3 Å². The molecule has 1 aromatic carbocycles. The zero-order chi connectivity index (χ0) is 16.5. The Labute approximate surface area is 129 Å². The molecule has 0 spiro atoms. The van der Waals surface area contributed by atoms with Crippen LogP contribution in [0.3, 0.4) is 0 Å². The number of hydrogen-bond acceptors (Lipinski definition) is 4. The van der Waals surface area contributed by atoms with E-state index in [1.54, 1.807) is 6.92 Å². The second-order valence-electron chi connectivity index (χ2n) is 4.02. The molecule has 1 aromatic heterocycles. The van der Waals surface area contributed by atoms with Crippen molar-refractivity contribution in [2.75, 3.05) is 6.61 Å². The van der Waals surface area contributed by atoms with Gasteiger partial charge in [0.2, 0.25) is 0 Å². The van der Waals surface area contributed by atoms with Crippen LogP contribution in [0.2, 0.25) is 0 Å². The topological polar surface area (TPSA) is 67.9 Å². The highest BCUT2D eigenvalue weighted by Crippen LogP contribution is 2.41. The molecule has 2 rings (SSSR count). The van der Waals surface area contributed by atoms with Crippen LogP contribution in [0.1, 0.15) is 23.0 Å². The fraction of sp³-hybridized carbons (Fsp3) is 0.250. The number of hydrogen-bond donors (Lipinski definition) is 1.